The summed E-state index contributed by atoms with van der Waals surface area (Å²) in [6.45, 7) is 6.69. The third-order valence-electron chi connectivity index (χ3n) is 2.90. The normalized spacial score (nSPS) is 20.4. The predicted molar refractivity (Wildman–Crippen MR) is 56.8 cm³/mol. The summed E-state index contributed by atoms with van der Waals surface area (Å²) in [5, 5.41) is 4.44. The maximum absolute atomic E-state index is 11.5. The first-order valence-corrected chi connectivity index (χ1v) is 5.54. The molecule has 0 spiro atoms. The van der Waals surface area contributed by atoms with Crippen LogP contribution < -0.4 is 0 Å². The van der Waals surface area contributed by atoms with E-state index < -0.39 is 0 Å². The number of aromatic nitrogens is 3. The molecule has 4 nitrogen and oxygen atoms in total. The van der Waals surface area contributed by atoms with Gasteiger partial charge in [-0.3, -0.25) is 4.79 Å². The van der Waals surface area contributed by atoms with Crippen molar-refractivity contribution in [3.8, 4) is 0 Å². The predicted octanol–water partition coefficient (Wildman–Crippen LogP) is 1.87. The van der Waals surface area contributed by atoms with Gasteiger partial charge in [0.25, 0.3) is 0 Å². The third kappa shape index (κ3) is 1.80. The van der Waals surface area contributed by atoms with Crippen LogP contribution in [0.2, 0.25) is 0 Å². The molecule has 1 aliphatic heterocycles. The minimum absolute atomic E-state index is 0.0289. The fraction of sp³-hybridized carbons (Fsp3) is 0.727. The van der Waals surface area contributed by atoms with Crippen LogP contribution in [0.25, 0.3) is 0 Å². The first-order chi connectivity index (χ1) is 7.09. The quantitative estimate of drug-likeness (QED) is 0.743. The summed E-state index contributed by atoms with van der Waals surface area (Å²) in [5.41, 5.74) is 0. The van der Waals surface area contributed by atoms with Crippen LogP contribution in [-0.4, -0.2) is 20.5 Å². The zero-order chi connectivity index (χ0) is 11.0. The molecule has 1 aromatic rings. The van der Waals surface area contributed by atoms with Crippen molar-refractivity contribution in [2.45, 2.75) is 52.0 Å². The molecule has 0 radical (unpaired) electrons. The van der Waals surface area contributed by atoms with Gasteiger partial charge < -0.3 is 0 Å². The summed E-state index contributed by atoms with van der Waals surface area (Å²) in [5.74, 6) is 2.24. The zero-order valence-corrected chi connectivity index (χ0v) is 9.53. The molecule has 1 atom stereocenters. The van der Waals surface area contributed by atoms with Crippen LogP contribution in [0.3, 0.4) is 0 Å². The molecule has 0 bridgehead atoms. The van der Waals surface area contributed by atoms with Crippen LogP contribution in [0, 0.1) is 0 Å². The van der Waals surface area contributed by atoms with Gasteiger partial charge in [0, 0.05) is 12.5 Å². The lowest BCUT2D eigenvalue weighted by molar-refractivity contribution is -0.119. The van der Waals surface area contributed by atoms with Gasteiger partial charge in [-0.05, 0) is 19.8 Å². The van der Waals surface area contributed by atoms with E-state index in [2.05, 4.69) is 23.9 Å². The molecule has 0 saturated carbocycles. The molecule has 15 heavy (non-hydrogen) atoms. The lowest BCUT2D eigenvalue weighted by Crippen LogP contribution is -2.21. The van der Waals surface area contributed by atoms with E-state index in [9.17, 15) is 4.79 Å². The van der Waals surface area contributed by atoms with Crippen molar-refractivity contribution in [3.05, 3.63) is 11.6 Å². The van der Waals surface area contributed by atoms with Crippen molar-refractivity contribution in [1.29, 1.82) is 0 Å². The number of carbonyl (C=O) groups excluding carboxylic acids is 1. The standard InChI is InChI=1S/C11H17N3O/c1-7(2)10-12-11-9(8(3)15)5-4-6-14(11)13-10/h7,9H,4-6H2,1-3H3. The zero-order valence-electron chi connectivity index (χ0n) is 9.53. The first kappa shape index (κ1) is 10.3. The van der Waals surface area contributed by atoms with E-state index >= 15 is 0 Å². The number of aryl methyl sites for hydroxylation is 1. The van der Waals surface area contributed by atoms with Gasteiger partial charge >= 0.3 is 0 Å². The maximum atomic E-state index is 11.5. The lowest BCUT2D eigenvalue weighted by Gasteiger charge is -2.19. The molecule has 1 aromatic heterocycles. The summed E-state index contributed by atoms with van der Waals surface area (Å²) >= 11 is 0. The van der Waals surface area contributed by atoms with Crippen molar-refractivity contribution in [2.75, 3.05) is 0 Å². The Hall–Kier alpha value is -1.19. The van der Waals surface area contributed by atoms with Gasteiger partial charge in [0.2, 0.25) is 0 Å². The number of nitrogens with zero attached hydrogens (tertiary/aromatic N) is 3. The molecule has 1 unspecified atom stereocenters. The first-order valence-electron chi connectivity index (χ1n) is 5.54. The van der Waals surface area contributed by atoms with Crippen molar-refractivity contribution >= 4 is 5.78 Å². The Kier molecular flexibility index (Phi) is 2.59. The molecule has 0 aliphatic carbocycles. The summed E-state index contributed by atoms with van der Waals surface area (Å²) in [6.07, 6.45) is 1.95. The van der Waals surface area contributed by atoms with E-state index in [-0.39, 0.29) is 11.7 Å². The number of fused-ring (bicyclic) bond motifs is 1. The maximum Gasteiger partial charge on any atom is 0.153 e. The largest absolute Gasteiger partial charge is 0.299 e. The van der Waals surface area contributed by atoms with E-state index in [0.29, 0.717) is 5.92 Å². The SMILES string of the molecule is CC(=O)C1CCCn2nc(C(C)C)nc21. The number of hydrogen-bond donors (Lipinski definition) is 0. The Morgan fingerprint density at radius 1 is 1.53 bits per heavy atom. The number of hydrogen-bond acceptors (Lipinski definition) is 3. The number of Topliss-reactive ketones (excluding diaryl/α,β-unsaturated/α-hetero) is 1. The monoisotopic (exact) mass is 207 g/mol. The fourth-order valence-corrected chi connectivity index (χ4v) is 2.00. The second-order valence-electron chi connectivity index (χ2n) is 4.51. The van der Waals surface area contributed by atoms with Crippen LogP contribution in [-0.2, 0) is 11.3 Å². The van der Waals surface area contributed by atoms with Gasteiger partial charge in [0.15, 0.2) is 5.82 Å². The highest BCUT2D eigenvalue weighted by molar-refractivity contribution is 5.82. The number of rotatable bonds is 2. The minimum Gasteiger partial charge on any atom is -0.299 e. The van der Waals surface area contributed by atoms with E-state index in [0.717, 1.165) is 31.0 Å². The molecule has 2 rings (SSSR count). The summed E-state index contributed by atoms with van der Waals surface area (Å²) in [4.78, 5) is 15.9. The van der Waals surface area contributed by atoms with Crippen LogP contribution in [0.15, 0.2) is 0 Å². The highest BCUT2D eigenvalue weighted by atomic mass is 16.1. The Bertz CT molecular complexity index is 381. The average Bonchev–Trinajstić information content (AvgIpc) is 2.60. The second-order valence-corrected chi connectivity index (χ2v) is 4.51. The molecule has 0 amide bonds. The Balaban J connectivity index is 2.38. The molecule has 82 valence electrons. The summed E-state index contributed by atoms with van der Waals surface area (Å²) in [7, 11) is 0. The summed E-state index contributed by atoms with van der Waals surface area (Å²) < 4.78 is 1.91. The molecule has 1 aliphatic rings. The number of ketones is 1. The van der Waals surface area contributed by atoms with E-state index in [4.69, 9.17) is 0 Å². The highest BCUT2D eigenvalue weighted by Gasteiger charge is 2.27. The molecule has 4 heteroatoms. The van der Waals surface area contributed by atoms with Crippen LogP contribution in [0.1, 0.15) is 57.1 Å². The minimum atomic E-state index is -0.0289. The third-order valence-corrected chi connectivity index (χ3v) is 2.90. The Labute approximate surface area is 89.7 Å². The lowest BCUT2D eigenvalue weighted by atomic mass is 9.95. The summed E-state index contributed by atoms with van der Waals surface area (Å²) in [6, 6.07) is 0. The molecular weight excluding hydrogens is 190 g/mol. The van der Waals surface area contributed by atoms with Gasteiger partial charge in [-0.15, -0.1) is 0 Å². The van der Waals surface area contributed by atoms with Gasteiger partial charge in [0.1, 0.15) is 11.6 Å². The van der Waals surface area contributed by atoms with E-state index in [1.807, 2.05) is 4.68 Å². The highest BCUT2D eigenvalue weighted by Crippen LogP contribution is 2.27. The average molecular weight is 207 g/mol. The van der Waals surface area contributed by atoms with Crippen molar-refractivity contribution < 1.29 is 4.79 Å². The van der Waals surface area contributed by atoms with Crippen LogP contribution >= 0.6 is 0 Å². The van der Waals surface area contributed by atoms with Gasteiger partial charge in [-0.2, -0.15) is 5.10 Å². The fourth-order valence-electron chi connectivity index (χ4n) is 2.00. The van der Waals surface area contributed by atoms with Crippen LogP contribution in [0.4, 0.5) is 0 Å². The number of carbonyl (C=O) groups is 1. The van der Waals surface area contributed by atoms with Gasteiger partial charge in [-0.25, -0.2) is 9.67 Å². The van der Waals surface area contributed by atoms with Crippen molar-refractivity contribution in [2.24, 2.45) is 0 Å². The Morgan fingerprint density at radius 2 is 2.27 bits per heavy atom. The van der Waals surface area contributed by atoms with Gasteiger partial charge in [-0.1, -0.05) is 13.8 Å². The van der Waals surface area contributed by atoms with Gasteiger partial charge in [0.05, 0.1) is 5.92 Å². The Morgan fingerprint density at radius 3 is 2.87 bits per heavy atom. The molecule has 0 N–H and O–H groups in total. The van der Waals surface area contributed by atoms with E-state index in [1.54, 1.807) is 6.92 Å². The smallest absolute Gasteiger partial charge is 0.153 e. The molecule has 0 fully saturated rings. The van der Waals surface area contributed by atoms with Crippen molar-refractivity contribution in [3.63, 3.8) is 0 Å². The molecule has 2 heterocycles. The molecular formula is C11H17N3O. The van der Waals surface area contributed by atoms with Crippen LogP contribution in [0.5, 0.6) is 0 Å². The van der Waals surface area contributed by atoms with E-state index in [1.165, 1.54) is 0 Å². The second kappa shape index (κ2) is 3.76. The van der Waals surface area contributed by atoms with Crippen molar-refractivity contribution in [1.82, 2.24) is 14.8 Å². The molecule has 0 aromatic carbocycles. The topological polar surface area (TPSA) is 47.8 Å². The molecule has 0 saturated heterocycles.